The average molecular weight is 483 g/mol. The van der Waals surface area contributed by atoms with Gasteiger partial charge in [0.2, 0.25) is 5.91 Å². The second-order valence-electron chi connectivity index (χ2n) is 10.0. The van der Waals surface area contributed by atoms with E-state index >= 15 is 0 Å². The lowest BCUT2D eigenvalue weighted by Gasteiger charge is -2.33. The first-order valence-electron chi connectivity index (χ1n) is 12.7. The van der Waals surface area contributed by atoms with Crippen LogP contribution in [0.1, 0.15) is 89.5 Å². The van der Waals surface area contributed by atoms with Gasteiger partial charge in [-0.25, -0.2) is 8.42 Å². The standard InChI is InChI=1S/C19H39N2O.C7H8O3S/c1-4-5-6-7-8-9-10-11-12-13-17-21(2,3)18-20-16-14-15-19(20)22;1-6-2-4-7(5-3-6)11(8,9)10/h4-18H2,1-3H3;2-5H,1H3,(H,8,9,10)/q+1;/p-1. The number of likely N-dealkylation sites (tertiary alicyclic amines) is 1. The van der Waals surface area contributed by atoms with Gasteiger partial charge in [0.25, 0.3) is 0 Å². The number of carbonyl (C=O) groups excluding carboxylic acids is 1. The zero-order chi connectivity index (χ0) is 24.7. The Balaban J connectivity index is 0.000000412. The van der Waals surface area contributed by atoms with Crippen molar-refractivity contribution in [2.45, 2.75) is 95.8 Å². The molecule has 1 saturated heterocycles. The summed E-state index contributed by atoms with van der Waals surface area (Å²) < 4.78 is 32.1. The molecule has 33 heavy (non-hydrogen) atoms. The smallest absolute Gasteiger partial charge is 0.226 e. The third-order valence-electron chi connectivity index (χ3n) is 6.15. The number of unbranched alkanes of at least 4 members (excludes halogenated alkanes) is 9. The maximum atomic E-state index is 11.7. The molecular formula is C26H46N2O4S. The molecule has 190 valence electrons. The van der Waals surface area contributed by atoms with Crippen molar-refractivity contribution in [1.29, 1.82) is 0 Å². The fraction of sp³-hybridized carbons (Fsp3) is 0.731. The van der Waals surface area contributed by atoms with E-state index in [1.54, 1.807) is 12.1 Å². The molecule has 0 unspecified atom stereocenters. The third kappa shape index (κ3) is 13.8. The van der Waals surface area contributed by atoms with Crippen molar-refractivity contribution >= 4 is 16.0 Å². The quantitative estimate of drug-likeness (QED) is 0.200. The summed E-state index contributed by atoms with van der Waals surface area (Å²) in [6.45, 7) is 7.16. The normalized spacial score (nSPS) is 14.3. The van der Waals surface area contributed by atoms with Crippen molar-refractivity contribution in [3.05, 3.63) is 29.8 Å². The summed E-state index contributed by atoms with van der Waals surface area (Å²) in [4.78, 5) is 13.6. The number of benzene rings is 1. The predicted molar refractivity (Wildman–Crippen MR) is 134 cm³/mol. The zero-order valence-corrected chi connectivity index (χ0v) is 22.2. The van der Waals surface area contributed by atoms with Gasteiger partial charge >= 0.3 is 0 Å². The van der Waals surface area contributed by atoms with Gasteiger partial charge in [-0.2, -0.15) is 0 Å². The second kappa shape index (κ2) is 15.5. The van der Waals surface area contributed by atoms with E-state index in [9.17, 15) is 17.8 Å². The second-order valence-corrected chi connectivity index (χ2v) is 11.4. The molecule has 0 radical (unpaired) electrons. The molecule has 0 aliphatic carbocycles. The minimum absolute atomic E-state index is 0.178. The molecule has 1 heterocycles. The van der Waals surface area contributed by atoms with Crippen LogP contribution < -0.4 is 0 Å². The lowest BCUT2D eigenvalue weighted by atomic mass is 10.1. The van der Waals surface area contributed by atoms with Crippen molar-refractivity contribution < 1.29 is 22.2 Å². The Hall–Kier alpha value is -1.44. The minimum atomic E-state index is -4.27. The number of amides is 1. The molecule has 1 aromatic rings. The molecule has 6 nitrogen and oxygen atoms in total. The van der Waals surface area contributed by atoms with Crippen LogP contribution in [0, 0.1) is 6.92 Å². The van der Waals surface area contributed by atoms with Gasteiger partial charge in [0.15, 0.2) is 6.67 Å². The van der Waals surface area contributed by atoms with Crippen molar-refractivity contribution in [3.8, 4) is 0 Å². The summed E-state index contributed by atoms with van der Waals surface area (Å²) in [5, 5.41) is 0. The van der Waals surface area contributed by atoms with Crippen LogP contribution in [0.25, 0.3) is 0 Å². The maximum absolute atomic E-state index is 11.7. The van der Waals surface area contributed by atoms with Gasteiger partial charge in [-0.1, -0.05) is 76.0 Å². The fourth-order valence-electron chi connectivity index (χ4n) is 4.12. The first kappa shape index (κ1) is 29.6. The summed E-state index contributed by atoms with van der Waals surface area (Å²) in [5.41, 5.74) is 0.928. The summed E-state index contributed by atoms with van der Waals surface area (Å²) in [6, 6.07) is 5.78. The number of quaternary nitrogens is 1. The first-order valence-corrected chi connectivity index (χ1v) is 14.1. The molecule has 1 fully saturated rings. The number of aryl methyl sites for hydroxylation is 1. The van der Waals surface area contributed by atoms with E-state index in [4.69, 9.17) is 0 Å². The minimum Gasteiger partial charge on any atom is -0.744 e. The highest BCUT2D eigenvalue weighted by Crippen LogP contribution is 2.15. The van der Waals surface area contributed by atoms with Crippen molar-refractivity contribution in [2.24, 2.45) is 0 Å². The number of hydrogen-bond donors (Lipinski definition) is 0. The molecule has 0 bridgehead atoms. The van der Waals surface area contributed by atoms with Gasteiger partial charge in [0.1, 0.15) is 10.1 Å². The SMILES string of the molecule is CCCCCCCCCCCC[N+](C)(C)CN1CCCC1=O.Cc1ccc(S(=O)(=O)[O-])cc1. The van der Waals surface area contributed by atoms with Crippen molar-refractivity contribution in [1.82, 2.24) is 4.90 Å². The van der Waals surface area contributed by atoms with Crippen LogP contribution in [0.3, 0.4) is 0 Å². The van der Waals surface area contributed by atoms with Gasteiger partial charge < -0.3 is 9.04 Å². The van der Waals surface area contributed by atoms with E-state index in [1.807, 2.05) is 6.92 Å². The molecule has 1 amide bonds. The largest absolute Gasteiger partial charge is 0.744 e. The number of nitrogens with zero attached hydrogens (tertiary/aromatic N) is 2. The summed E-state index contributed by atoms with van der Waals surface area (Å²) >= 11 is 0. The van der Waals surface area contributed by atoms with Crippen LogP contribution >= 0.6 is 0 Å². The number of hydrogen-bond acceptors (Lipinski definition) is 4. The lowest BCUT2D eigenvalue weighted by molar-refractivity contribution is -0.899. The number of carbonyl (C=O) groups is 1. The highest BCUT2D eigenvalue weighted by atomic mass is 32.2. The topological polar surface area (TPSA) is 77.5 Å². The molecule has 1 aromatic carbocycles. The van der Waals surface area contributed by atoms with Crippen LogP contribution in [-0.4, -0.2) is 62.1 Å². The lowest BCUT2D eigenvalue weighted by Crippen LogP contribution is -2.49. The molecular weight excluding hydrogens is 436 g/mol. The molecule has 0 aromatic heterocycles. The van der Waals surface area contributed by atoms with Gasteiger partial charge in [-0.15, -0.1) is 0 Å². The van der Waals surface area contributed by atoms with E-state index < -0.39 is 10.1 Å². The summed E-state index contributed by atoms with van der Waals surface area (Å²) in [5.74, 6) is 0.356. The van der Waals surface area contributed by atoms with Gasteiger partial charge in [-0.3, -0.25) is 9.69 Å². The molecule has 0 atom stereocenters. The maximum Gasteiger partial charge on any atom is 0.226 e. The highest BCUT2D eigenvalue weighted by molar-refractivity contribution is 7.85. The van der Waals surface area contributed by atoms with Gasteiger partial charge in [0, 0.05) is 13.0 Å². The zero-order valence-electron chi connectivity index (χ0n) is 21.4. The van der Waals surface area contributed by atoms with E-state index in [-0.39, 0.29) is 4.90 Å². The van der Waals surface area contributed by atoms with E-state index in [0.717, 1.165) is 36.1 Å². The summed E-state index contributed by atoms with van der Waals surface area (Å²) in [6.07, 6.45) is 15.7. The molecule has 0 spiro atoms. The Morgan fingerprint density at radius 3 is 1.88 bits per heavy atom. The van der Waals surface area contributed by atoms with Crippen LogP contribution in [0.2, 0.25) is 0 Å². The molecule has 0 saturated carbocycles. The highest BCUT2D eigenvalue weighted by Gasteiger charge is 2.26. The number of rotatable bonds is 14. The Kier molecular flexibility index (Phi) is 13.9. The Labute approximate surface area is 202 Å². The molecule has 0 N–H and O–H groups in total. The average Bonchev–Trinajstić information content (AvgIpc) is 3.13. The van der Waals surface area contributed by atoms with Crippen LogP contribution in [0.5, 0.6) is 0 Å². The van der Waals surface area contributed by atoms with Gasteiger partial charge in [0.05, 0.1) is 25.5 Å². The Morgan fingerprint density at radius 2 is 1.42 bits per heavy atom. The van der Waals surface area contributed by atoms with Crippen LogP contribution in [0.15, 0.2) is 29.2 Å². The third-order valence-corrected chi connectivity index (χ3v) is 7.00. The monoisotopic (exact) mass is 482 g/mol. The molecule has 1 aliphatic rings. The van der Waals surface area contributed by atoms with Crippen LogP contribution in [-0.2, 0) is 14.9 Å². The first-order chi connectivity index (χ1) is 15.5. The molecule has 7 heteroatoms. The van der Waals surface area contributed by atoms with Crippen molar-refractivity contribution in [3.63, 3.8) is 0 Å². The van der Waals surface area contributed by atoms with Crippen molar-refractivity contribution in [2.75, 3.05) is 33.9 Å². The van der Waals surface area contributed by atoms with Gasteiger partial charge in [-0.05, 0) is 38.3 Å². The molecule has 2 rings (SSSR count). The Bertz CT molecular complexity index is 776. The Morgan fingerprint density at radius 1 is 0.909 bits per heavy atom. The summed E-state index contributed by atoms with van der Waals surface area (Å²) in [7, 11) is 0.257. The predicted octanol–water partition coefficient (Wildman–Crippen LogP) is 5.46. The van der Waals surface area contributed by atoms with Crippen LogP contribution in [0.4, 0.5) is 0 Å². The van der Waals surface area contributed by atoms with E-state index in [2.05, 4.69) is 25.9 Å². The van der Waals surface area contributed by atoms with E-state index in [0.29, 0.717) is 5.91 Å². The fourth-order valence-corrected chi connectivity index (χ4v) is 4.59. The molecule has 1 aliphatic heterocycles. The van der Waals surface area contributed by atoms with E-state index in [1.165, 1.54) is 82.9 Å².